The molecule has 1 heterocycles. The predicted molar refractivity (Wildman–Crippen MR) is 98.5 cm³/mol. The van der Waals surface area contributed by atoms with Crippen LogP contribution in [0.3, 0.4) is 0 Å². The highest BCUT2D eigenvalue weighted by molar-refractivity contribution is 5.95. The number of carbonyl (C=O) groups excluding carboxylic acids is 2. The smallest absolute Gasteiger partial charge is 0.257 e. The molecule has 0 atom stereocenters. The lowest BCUT2D eigenvalue weighted by atomic mass is 10.3. The highest BCUT2D eigenvalue weighted by Gasteiger charge is 2.21. The molecule has 0 radical (unpaired) electrons. The number of hydrogen-bond acceptors (Lipinski definition) is 5. The lowest BCUT2D eigenvalue weighted by molar-refractivity contribution is -0.123. The normalized spacial score (nSPS) is 13.5. The van der Waals surface area contributed by atoms with Crippen molar-refractivity contribution < 1.29 is 19.1 Å². The summed E-state index contributed by atoms with van der Waals surface area (Å²) in [7, 11) is 1.65. The Hall–Kier alpha value is -1.83. The molecule has 1 aliphatic rings. The molecule has 8 heteroatoms. The van der Waals surface area contributed by atoms with Crippen LogP contribution in [0.4, 0.5) is 5.69 Å². The SMILES string of the molecule is COCCNCCNC(=O)COc1cccc(N2CCCC2=O)c1.Cl. The van der Waals surface area contributed by atoms with Crippen molar-refractivity contribution in [2.24, 2.45) is 0 Å². The van der Waals surface area contributed by atoms with Crippen LogP contribution in [0, 0.1) is 0 Å². The Morgan fingerprint density at radius 2 is 2.12 bits per heavy atom. The second-order valence-electron chi connectivity index (χ2n) is 5.53. The van der Waals surface area contributed by atoms with Crippen LogP contribution in [0.25, 0.3) is 0 Å². The van der Waals surface area contributed by atoms with Gasteiger partial charge in [0, 0.05) is 51.5 Å². The maximum atomic E-state index is 11.8. The number of nitrogens with one attached hydrogen (secondary N) is 2. The van der Waals surface area contributed by atoms with Crippen LogP contribution >= 0.6 is 12.4 Å². The van der Waals surface area contributed by atoms with Crippen molar-refractivity contribution in [3.63, 3.8) is 0 Å². The van der Waals surface area contributed by atoms with Crippen LogP contribution in [0.5, 0.6) is 5.75 Å². The van der Waals surface area contributed by atoms with E-state index in [1.165, 1.54) is 0 Å². The van der Waals surface area contributed by atoms with Gasteiger partial charge in [-0.2, -0.15) is 0 Å². The summed E-state index contributed by atoms with van der Waals surface area (Å²) in [6.07, 6.45) is 1.47. The molecule has 0 unspecified atom stereocenters. The van der Waals surface area contributed by atoms with Crippen molar-refractivity contribution in [3.05, 3.63) is 24.3 Å². The number of anilines is 1. The Morgan fingerprint density at radius 1 is 1.28 bits per heavy atom. The average molecular weight is 372 g/mol. The summed E-state index contributed by atoms with van der Waals surface area (Å²) in [5.74, 6) is 0.539. The van der Waals surface area contributed by atoms with Crippen molar-refractivity contribution in [3.8, 4) is 5.75 Å². The van der Waals surface area contributed by atoms with Crippen LogP contribution in [-0.2, 0) is 14.3 Å². The van der Waals surface area contributed by atoms with Crippen LogP contribution in [0.15, 0.2) is 24.3 Å². The number of nitrogens with zero attached hydrogens (tertiary/aromatic N) is 1. The number of hydrogen-bond donors (Lipinski definition) is 2. The number of rotatable bonds is 10. The monoisotopic (exact) mass is 371 g/mol. The zero-order valence-corrected chi connectivity index (χ0v) is 15.3. The largest absolute Gasteiger partial charge is 0.484 e. The second kappa shape index (κ2) is 11.7. The number of benzene rings is 1. The summed E-state index contributed by atoms with van der Waals surface area (Å²) in [4.78, 5) is 25.3. The van der Waals surface area contributed by atoms with E-state index in [1.807, 2.05) is 12.1 Å². The maximum Gasteiger partial charge on any atom is 0.257 e. The number of methoxy groups -OCH3 is 1. The fourth-order valence-corrected chi connectivity index (χ4v) is 2.45. The Morgan fingerprint density at radius 3 is 2.84 bits per heavy atom. The Bertz CT molecular complexity index is 556. The molecule has 0 spiro atoms. The first kappa shape index (κ1) is 21.2. The van der Waals surface area contributed by atoms with Crippen LogP contribution < -0.4 is 20.3 Å². The lowest BCUT2D eigenvalue weighted by Gasteiger charge is -2.16. The van der Waals surface area contributed by atoms with Crippen molar-refractivity contribution >= 4 is 29.9 Å². The van der Waals surface area contributed by atoms with Gasteiger partial charge in [0.05, 0.1) is 6.61 Å². The molecule has 2 N–H and O–H groups in total. The van der Waals surface area contributed by atoms with Gasteiger partial charge in [-0.3, -0.25) is 9.59 Å². The number of halogens is 1. The van der Waals surface area contributed by atoms with Gasteiger partial charge in [0.25, 0.3) is 5.91 Å². The van der Waals surface area contributed by atoms with Gasteiger partial charge in [0.15, 0.2) is 6.61 Å². The zero-order chi connectivity index (χ0) is 17.2. The molecule has 1 fully saturated rings. The molecule has 2 rings (SSSR count). The van der Waals surface area contributed by atoms with Gasteiger partial charge < -0.3 is 25.0 Å². The standard InChI is InChI=1S/C17H25N3O4.ClH/c1-23-11-9-18-7-8-19-16(21)13-24-15-5-2-4-14(12-15)20-10-3-6-17(20)22;/h2,4-5,12,18H,3,6-11,13H2,1H3,(H,19,21);1H. The Labute approximate surface area is 154 Å². The first-order chi connectivity index (χ1) is 11.7. The van der Waals surface area contributed by atoms with Crippen LogP contribution in [-0.4, -0.2) is 58.3 Å². The van der Waals surface area contributed by atoms with E-state index in [-0.39, 0.29) is 30.8 Å². The van der Waals surface area contributed by atoms with Gasteiger partial charge in [0.1, 0.15) is 5.75 Å². The van der Waals surface area contributed by atoms with E-state index >= 15 is 0 Å². The van der Waals surface area contributed by atoms with E-state index in [2.05, 4.69) is 10.6 Å². The minimum Gasteiger partial charge on any atom is -0.484 e. The van der Waals surface area contributed by atoms with Crippen molar-refractivity contribution in [2.75, 3.05) is 51.4 Å². The summed E-state index contributed by atoms with van der Waals surface area (Å²) in [5, 5.41) is 5.92. The molecule has 0 bridgehead atoms. The molecule has 7 nitrogen and oxygen atoms in total. The van der Waals surface area contributed by atoms with Gasteiger partial charge >= 0.3 is 0 Å². The first-order valence-corrected chi connectivity index (χ1v) is 8.20. The molecule has 2 amide bonds. The molecule has 0 aromatic heterocycles. The summed E-state index contributed by atoms with van der Waals surface area (Å²) in [5.41, 5.74) is 0.817. The molecular weight excluding hydrogens is 346 g/mol. The number of amides is 2. The van der Waals surface area contributed by atoms with E-state index in [0.29, 0.717) is 31.9 Å². The highest BCUT2D eigenvalue weighted by Crippen LogP contribution is 2.25. The predicted octanol–water partition coefficient (Wildman–Crippen LogP) is 0.966. The second-order valence-corrected chi connectivity index (χ2v) is 5.53. The minimum atomic E-state index is -0.175. The van der Waals surface area contributed by atoms with E-state index in [1.54, 1.807) is 24.1 Å². The van der Waals surface area contributed by atoms with Crippen molar-refractivity contribution in [1.82, 2.24) is 10.6 Å². The van der Waals surface area contributed by atoms with Gasteiger partial charge in [-0.15, -0.1) is 12.4 Å². The molecule has 0 saturated carbocycles. The minimum absolute atomic E-state index is 0. The van der Waals surface area contributed by atoms with Gasteiger partial charge in [-0.1, -0.05) is 6.07 Å². The fourth-order valence-electron chi connectivity index (χ4n) is 2.45. The molecule has 0 aliphatic carbocycles. The summed E-state index contributed by atoms with van der Waals surface area (Å²) in [6, 6.07) is 7.28. The quantitative estimate of drug-likeness (QED) is 0.599. The molecule has 25 heavy (non-hydrogen) atoms. The average Bonchev–Trinajstić information content (AvgIpc) is 3.02. The Balaban J connectivity index is 0.00000312. The molecule has 1 aromatic carbocycles. The third kappa shape index (κ3) is 7.29. The first-order valence-electron chi connectivity index (χ1n) is 8.20. The molecule has 140 valence electrons. The highest BCUT2D eigenvalue weighted by atomic mass is 35.5. The third-order valence-electron chi connectivity index (χ3n) is 3.68. The number of carbonyl (C=O) groups is 2. The maximum absolute atomic E-state index is 11.8. The molecule has 1 saturated heterocycles. The Kier molecular flexibility index (Phi) is 9.91. The van der Waals surface area contributed by atoms with E-state index in [4.69, 9.17) is 9.47 Å². The summed E-state index contributed by atoms with van der Waals surface area (Å²) >= 11 is 0. The van der Waals surface area contributed by atoms with E-state index < -0.39 is 0 Å². The van der Waals surface area contributed by atoms with Crippen molar-refractivity contribution in [2.45, 2.75) is 12.8 Å². The topological polar surface area (TPSA) is 79.9 Å². The van der Waals surface area contributed by atoms with Gasteiger partial charge in [0.2, 0.25) is 5.91 Å². The molecule has 1 aliphatic heterocycles. The zero-order valence-electron chi connectivity index (χ0n) is 14.5. The fraction of sp³-hybridized carbons (Fsp3) is 0.529. The van der Waals surface area contributed by atoms with Crippen molar-refractivity contribution in [1.29, 1.82) is 0 Å². The summed E-state index contributed by atoms with van der Waals surface area (Å²) < 4.78 is 10.4. The lowest BCUT2D eigenvalue weighted by Crippen LogP contribution is -2.35. The van der Waals surface area contributed by atoms with E-state index in [9.17, 15) is 9.59 Å². The van der Waals surface area contributed by atoms with E-state index in [0.717, 1.165) is 25.2 Å². The molecular formula is C17H26ClN3O4. The van der Waals surface area contributed by atoms with Gasteiger partial charge in [-0.25, -0.2) is 0 Å². The number of ether oxygens (including phenoxy) is 2. The third-order valence-corrected chi connectivity index (χ3v) is 3.68. The van der Waals surface area contributed by atoms with Gasteiger partial charge in [-0.05, 0) is 18.6 Å². The summed E-state index contributed by atoms with van der Waals surface area (Å²) in [6.45, 7) is 3.31. The van der Waals surface area contributed by atoms with Crippen LogP contribution in [0.2, 0.25) is 0 Å². The molecule has 1 aromatic rings. The van der Waals surface area contributed by atoms with Crippen LogP contribution in [0.1, 0.15) is 12.8 Å².